The summed E-state index contributed by atoms with van der Waals surface area (Å²) in [6.07, 6.45) is -4.63. The number of aryl methyl sites for hydroxylation is 1. The second kappa shape index (κ2) is 8.61. The number of rotatable bonds is 4. The highest BCUT2D eigenvalue weighted by molar-refractivity contribution is 5.91. The maximum absolute atomic E-state index is 13.5. The molecule has 10 heteroatoms. The van der Waals surface area contributed by atoms with Crippen LogP contribution in [0.2, 0.25) is 0 Å². The van der Waals surface area contributed by atoms with Gasteiger partial charge in [0.2, 0.25) is 5.43 Å². The number of carbonyl (C=O) groups excluding carboxylic acids is 1. The molecule has 4 rings (SSSR count). The molecule has 33 heavy (non-hydrogen) atoms. The predicted octanol–water partition coefficient (Wildman–Crippen LogP) is 3.60. The van der Waals surface area contributed by atoms with Gasteiger partial charge in [-0.15, -0.1) is 0 Å². The van der Waals surface area contributed by atoms with E-state index >= 15 is 0 Å². The van der Waals surface area contributed by atoms with Gasteiger partial charge in [0.05, 0.1) is 11.3 Å². The minimum Gasteiger partial charge on any atom is -0.486 e. The third-order valence-electron chi connectivity index (χ3n) is 5.12. The van der Waals surface area contributed by atoms with Crippen LogP contribution in [0.4, 0.5) is 13.2 Å². The van der Waals surface area contributed by atoms with E-state index in [2.05, 4.69) is 5.10 Å². The van der Waals surface area contributed by atoms with Gasteiger partial charge >= 0.3 is 6.18 Å². The number of alkyl halides is 3. The SMILES string of the molecule is Cc1cc(=O)c(C(=O)N(C)Cc2ccc3c(c2)OCCO3)nn1-c1ccccc1C(F)(F)F. The Hall–Kier alpha value is -3.82. The summed E-state index contributed by atoms with van der Waals surface area (Å²) >= 11 is 0. The summed E-state index contributed by atoms with van der Waals surface area (Å²) in [6.45, 7) is 2.45. The van der Waals surface area contributed by atoms with E-state index in [1.165, 1.54) is 37.1 Å². The normalized spacial score (nSPS) is 13.0. The number of nitrogens with zero attached hydrogens (tertiary/aromatic N) is 3. The third-order valence-corrected chi connectivity index (χ3v) is 5.12. The Morgan fingerprint density at radius 2 is 1.79 bits per heavy atom. The molecule has 2 heterocycles. The van der Waals surface area contributed by atoms with Crippen molar-refractivity contribution < 1.29 is 27.4 Å². The number of carbonyl (C=O) groups is 1. The summed E-state index contributed by atoms with van der Waals surface area (Å²) in [7, 11) is 1.48. The summed E-state index contributed by atoms with van der Waals surface area (Å²) in [6, 6.07) is 11.2. The van der Waals surface area contributed by atoms with Crippen molar-refractivity contribution in [3.8, 4) is 17.2 Å². The zero-order valence-corrected chi connectivity index (χ0v) is 17.8. The monoisotopic (exact) mass is 459 g/mol. The molecule has 7 nitrogen and oxygen atoms in total. The molecule has 0 radical (unpaired) electrons. The van der Waals surface area contributed by atoms with E-state index < -0.39 is 28.8 Å². The molecule has 2 aromatic carbocycles. The summed E-state index contributed by atoms with van der Waals surface area (Å²) in [4.78, 5) is 26.8. The lowest BCUT2D eigenvalue weighted by molar-refractivity contribution is -0.137. The van der Waals surface area contributed by atoms with Gasteiger partial charge in [-0.25, -0.2) is 4.68 Å². The number of benzene rings is 2. The average molecular weight is 459 g/mol. The Labute approximate surface area is 187 Å². The average Bonchev–Trinajstić information content (AvgIpc) is 2.78. The van der Waals surface area contributed by atoms with Crippen LogP contribution in [-0.4, -0.2) is 40.8 Å². The van der Waals surface area contributed by atoms with Gasteiger partial charge in [-0.2, -0.15) is 18.3 Å². The van der Waals surface area contributed by atoms with Crippen molar-refractivity contribution in [3.63, 3.8) is 0 Å². The quantitative estimate of drug-likeness (QED) is 0.596. The number of amides is 1. The van der Waals surface area contributed by atoms with Gasteiger partial charge in [0.25, 0.3) is 5.91 Å². The highest BCUT2D eigenvalue weighted by Gasteiger charge is 2.34. The fraction of sp³-hybridized carbons (Fsp3) is 0.261. The highest BCUT2D eigenvalue weighted by atomic mass is 19.4. The Balaban J connectivity index is 1.66. The molecule has 0 N–H and O–H groups in total. The van der Waals surface area contributed by atoms with Crippen molar-refractivity contribution in [3.05, 3.63) is 81.3 Å². The minimum atomic E-state index is -4.63. The lowest BCUT2D eigenvalue weighted by atomic mass is 10.1. The third kappa shape index (κ3) is 4.55. The summed E-state index contributed by atoms with van der Waals surface area (Å²) in [5.41, 5.74) is -1.45. The van der Waals surface area contributed by atoms with Crippen molar-refractivity contribution in [1.29, 1.82) is 0 Å². The van der Waals surface area contributed by atoms with E-state index in [1.54, 1.807) is 18.2 Å². The molecule has 0 saturated carbocycles. The van der Waals surface area contributed by atoms with Crippen molar-refractivity contribution in [2.75, 3.05) is 20.3 Å². The molecule has 0 saturated heterocycles. The highest BCUT2D eigenvalue weighted by Crippen LogP contribution is 2.34. The van der Waals surface area contributed by atoms with Crippen LogP contribution in [0.5, 0.6) is 11.5 Å². The molecule has 1 aliphatic rings. The van der Waals surface area contributed by atoms with E-state index in [0.29, 0.717) is 24.7 Å². The smallest absolute Gasteiger partial charge is 0.418 e. The van der Waals surface area contributed by atoms with Crippen LogP contribution in [0, 0.1) is 6.92 Å². The van der Waals surface area contributed by atoms with Gasteiger partial charge in [-0.1, -0.05) is 18.2 Å². The van der Waals surface area contributed by atoms with Crippen LogP contribution in [-0.2, 0) is 12.7 Å². The molecule has 0 unspecified atom stereocenters. The topological polar surface area (TPSA) is 73.7 Å². The Kier molecular flexibility index (Phi) is 5.84. The lowest BCUT2D eigenvalue weighted by Crippen LogP contribution is -2.33. The number of aromatic nitrogens is 2. The number of ether oxygens (including phenoxy) is 2. The van der Waals surface area contributed by atoms with Crippen LogP contribution < -0.4 is 14.9 Å². The van der Waals surface area contributed by atoms with E-state index in [9.17, 15) is 22.8 Å². The largest absolute Gasteiger partial charge is 0.486 e. The standard InChI is InChI=1S/C23H20F3N3O4/c1-14-11-18(30)21(27-29(14)17-6-4-3-5-16(17)23(24,25)26)22(31)28(2)13-15-7-8-19-20(12-15)33-10-9-32-19/h3-8,11-12H,9-10,13H2,1-2H3. The second-order valence-electron chi connectivity index (χ2n) is 7.56. The molecule has 1 aliphatic heterocycles. The van der Waals surface area contributed by atoms with Gasteiger partial charge < -0.3 is 14.4 Å². The van der Waals surface area contributed by atoms with Gasteiger partial charge in [-0.3, -0.25) is 9.59 Å². The summed E-state index contributed by atoms with van der Waals surface area (Å²) in [5.74, 6) is 0.442. The molecule has 1 amide bonds. The Bertz CT molecular complexity index is 1270. The van der Waals surface area contributed by atoms with Crippen LogP contribution in [0.1, 0.15) is 27.3 Å². The Morgan fingerprint density at radius 1 is 1.09 bits per heavy atom. The molecule has 172 valence electrons. The van der Waals surface area contributed by atoms with Crippen molar-refractivity contribution >= 4 is 5.91 Å². The van der Waals surface area contributed by atoms with Gasteiger partial charge in [0.1, 0.15) is 13.2 Å². The molecular weight excluding hydrogens is 439 g/mol. The predicted molar refractivity (Wildman–Crippen MR) is 113 cm³/mol. The number of hydrogen-bond donors (Lipinski definition) is 0. The number of halogens is 3. The van der Waals surface area contributed by atoms with Crippen molar-refractivity contribution in [2.45, 2.75) is 19.6 Å². The maximum Gasteiger partial charge on any atom is 0.418 e. The first kappa shape index (κ1) is 22.4. The molecule has 0 atom stereocenters. The van der Waals surface area contributed by atoms with Gasteiger partial charge in [0.15, 0.2) is 17.2 Å². The fourth-order valence-electron chi connectivity index (χ4n) is 3.55. The number of hydrogen-bond acceptors (Lipinski definition) is 5. The molecule has 0 fully saturated rings. The van der Waals surface area contributed by atoms with Crippen molar-refractivity contribution in [2.24, 2.45) is 0 Å². The minimum absolute atomic E-state index is 0.129. The van der Waals surface area contributed by atoms with Crippen LogP contribution >= 0.6 is 0 Å². The first-order chi connectivity index (χ1) is 15.6. The van der Waals surface area contributed by atoms with Gasteiger partial charge in [-0.05, 0) is 36.8 Å². The number of para-hydroxylation sites is 1. The Morgan fingerprint density at radius 3 is 2.52 bits per heavy atom. The first-order valence-corrected chi connectivity index (χ1v) is 10.1. The van der Waals surface area contributed by atoms with E-state index in [1.807, 2.05) is 0 Å². The van der Waals surface area contributed by atoms with Crippen LogP contribution in [0.3, 0.4) is 0 Å². The molecular formula is C23H20F3N3O4. The molecule has 3 aromatic rings. The second-order valence-corrected chi connectivity index (χ2v) is 7.56. The maximum atomic E-state index is 13.5. The van der Waals surface area contributed by atoms with Gasteiger partial charge in [0, 0.05) is 25.4 Å². The molecule has 0 spiro atoms. The molecule has 0 bridgehead atoms. The number of fused-ring (bicyclic) bond motifs is 1. The van der Waals surface area contributed by atoms with Crippen molar-refractivity contribution in [1.82, 2.24) is 14.7 Å². The first-order valence-electron chi connectivity index (χ1n) is 10.1. The van der Waals surface area contributed by atoms with E-state index in [4.69, 9.17) is 9.47 Å². The fourth-order valence-corrected chi connectivity index (χ4v) is 3.55. The van der Waals surface area contributed by atoms with Crippen LogP contribution in [0.15, 0.2) is 53.3 Å². The summed E-state index contributed by atoms with van der Waals surface area (Å²) < 4.78 is 52.5. The molecule has 0 aliphatic carbocycles. The van der Waals surface area contributed by atoms with E-state index in [-0.39, 0.29) is 17.9 Å². The summed E-state index contributed by atoms with van der Waals surface area (Å²) in [5, 5.41) is 4.02. The molecule has 1 aromatic heterocycles. The van der Waals surface area contributed by atoms with E-state index in [0.717, 1.165) is 22.4 Å². The van der Waals surface area contributed by atoms with Crippen LogP contribution in [0.25, 0.3) is 5.69 Å². The lowest BCUT2D eigenvalue weighted by Gasteiger charge is -2.21. The zero-order chi connectivity index (χ0) is 23.8. The zero-order valence-electron chi connectivity index (χ0n) is 17.8.